The van der Waals surface area contributed by atoms with Crippen LogP contribution in [0.25, 0.3) is 0 Å². The highest BCUT2D eigenvalue weighted by molar-refractivity contribution is 7.99. The molecule has 0 radical (unpaired) electrons. The van der Waals surface area contributed by atoms with Gasteiger partial charge in [-0.15, -0.1) is 10.2 Å². The SMILES string of the molecule is CCOc1ccc(NC(=O)CSc2nnc(CNC(=O)c3cccc(C)c3)n2C)cc1. The number of hydrogen-bond donors (Lipinski definition) is 2. The average molecular weight is 440 g/mol. The smallest absolute Gasteiger partial charge is 0.251 e. The molecule has 0 aliphatic rings. The minimum Gasteiger partial charge on any atom is -0.494 e. The van der Waals surface area contributed by atoms with Crippen LogP contribution in [0, 0.1) is 6.92 Å². The first-order valence-corrected chi connectivity index (χ1v) is 10.8. The molecular formula is C22H25N5O3S. The Labute approximate surface area is 185 Å². The fourth-order valence-electron chi connectivity index (χ4n) is 2.80. The molecule has 31 heavy (non-hydrogen) atoms. The predicted molar refractivity (Wildman–Crippen MR) is 120 cm³/mol. The molecule has 2 N–H and O–H groups in total. The molecular weight excluding hydrogens is 414 g/mol. The summed E-state index contributed by atoms with van der Waals surface area (Å²) in [6.07, 6.45) is 0. The van der Waals surface area contributed by atoms with Crippen LogP contribution < -0.4 is 15.4 Å². The Kier molecular flexibility index (Phi) is 7.66. The van der Waals surface area contributed by atoms with Crippen molar-refractivity contribution in [3.63, 3.8) is 0 Å². The van der Waals surface area contributed by atoms with Gasteiger partial charge in [0.25, 0.3) is 5.91 Å². The first-order chi connectivity index (χ1) is 15.0. The normalized spacial score (nSPS) is 10.5. The topological polar surface area (TPSA) is 98.1 Å². The highest BCUT2D eigenvalue weighted by Crippen LogP contribution is 2.18. The van der Waals surface area contributed by atoms with Gasteiger partial charge in [0.1, 0.15) is 5.75 Å². The number of amides is 2. The van der Waals surface area contributed by atoms with Gasteiger partial charge in [0.05, 0.1) is 18.9 Å². The Balaban J connectivity index is 1.49. The van der Waals surface area contributed by atoms with Gasteiger partial charge < -0.3 is 19.9 Å². The Bertz CT molecular complexity index is 1050. The maximum absolute atomic E-state index is 12.3. The molecule has 3 aromatic rings. The van der Waals surface area contributed by atoms with Crippen molar-refractivity contribution in [3.8, 4) is 5.75 Å². The van der Waals surface area contributed by atoms with E-state index in [9.17, 15) is 9.59 Å². The van der Waals surface area contributed by atoms with E-state index in [-0.39, 0.29) is 24.1 Å². The monoisotopic (exact) mass is 439 g/mol. The molecule has 0 aliphatic heterocycles. The fraction of sp³-hybridized carbons (Fsp3) is 0.273. The number of aryl methyl sites for hydroxylation is 1. The van der Waals surface area contributed by atoms with E-state index in [2.05, 4.69) is 20.8 Å². The molecule has 2 aromatic carbocycles. The van der Waals surface area contributed by atoms with Gasteiger partial charge in [-0.3, -0.25) is 9.59 Å². The van der Waals surface area contributed by atoms with Crippen molar-refractivity contribution >= 4 is 29.3 Å². The molecule has 0 fully saturated rings. The van der Waals surface area contributed by atoms with Crippen LogP contribution in [-0.4, -0.2) is 38.9 Å². The van der Waals surface area contributed by atoms with E-state index in [1.807, 2.05) is 44.2 Å². The zero-order valence-electron chi connectivity index (χ0n) is 17.7. The average Bonchev–Trinajstić information content (AvgIpc) is 3.11. The third-order valence-corrected chi connectivity index (χ3v) is 5.41. The number of hydrogen-bond acceptors (Lipinski definition) is 6. The zero-order chi connectivity index (χ0) is 22.2. The molecule has 0 atom stereocenters. The highest BCUT2D eigenvalue weighted by atomic mass is 32.2. The van der Waals surface area contributed by atoms with Gasteiger partial charge in [-0.05, 0) is 50.2 Å². The lowest BCUT2D eigenvalue weighted by atomic mass is 10.1. The molecule has 0 saturated heterocycles. The van der Waals surface area contributed by atoms with E-state index in [0.29, 0.717) is 28.8 Å². The minimum absolute atomic E-state index is 0.147. The van der Waals surface area contributed by atoms with Crippen molar-refractivity contribution in [2.45, 2.75) is 25.5 Å². The minimum atomic E-state index is -0.171. The summed E-state index contributed by atoms with van der Waals surface area (Å²) in [5, 5.41) is 14.5. The molecule has 0 bridgehead atoms. The van der Waals surface area contributed by atoms with E-state index >= 15 is 0 Å². The van der Waals surface area contributed by atoms with Crippen LogP contribution in [0.5, 0.6) is 5.75 Å². The largest absolute Gasteiger partial charge is 0.494 e. The molecule has 3 rings (SSSR count). The lowest BCUT2D eigenvalue weighted by Crippen LogP contribution is -2.24. The maximum atomic E-state index is 12.3. The number of benzene rings is 2. The van der Waals surface area contributed by atoms with Crippen molar-refractivity contribution in [2.75, 3.05) is 17.7 Å². The van der Waals surface area contributed by atoms with E-state index in [4.69, 9.17) is 4.74 Å². The second-order valence-electron chi connectivity index (χ2n) is 6.80. The van der Waals surface area contributed by atoms with Crippen LogP contribution in [0.3, 0.4) is 0 Å². The van der Waals surface area contributed by atoms with Crippen LogP contribution in [0.1, 0.15) is 28.7 Å². The molecule has 9 heteroatoms. The second-order valence-corrected chi connectivity index (χ2v) is 7.75. The van der Waals surface area contributed by atoms with Crippen molar-refractivity contribution < 1.29 is 14.3 Å². The van der Waals surface area contributed by atoms with Gasteiger partial charge in [0.2, 0.25) is 5.91 Å². The lowest BCUT2D eigenvalue weighted by Gasteiger charge is -2.08. The van der Waals surface area contributed by atoms with Crippen LogP contribution in [-0.2, 0) is 18.4 Å². The number of anilines is 1. The van der Waals surface area contributed by atoms with Gasteiger partial charge in [0.15, 0.2) is 11.0 Å². The number of aromatic nitrogens is 3. The zero-order valence-corrected chi connectivity index (χ0v) is 18.5. The van der Waals surface area contributed by atoms with Gasteiger partial charge in [-0.25, -0.2) is 0 Å². The fourth-order valence-corrected chi connectivity index (χ4v) is 3.53. The first kappa shape index (κ1) is 22.4. The summed E-state index contributed by atoms with van der Waals surface area (Å²) in [7, 11) is 1.81. The van der Waals surface area contributed by atoms with Crippen LogP contribution in [0.2, 0.25) is 0 Å². The number of rotatable bonds is 9. The first-order valence-electron chi connectivity index (χ1n) is 9.85. The van der Waals surface area contributed by atoms with E-state index in [0.717, 1.165) is 11.3 Å². The quantitative estimate of drug-likeness (QED) is 0.497. The third kappa shape index (κ3) is 6.32. The van der Waals surface area contributed by atoms with Gasteiger partial charge in [0, 0.05) is 18.3 Å². The number of nitrogens with zero attached hydrogens (tertiary/aromatic N) is 3. The molecule has 2 amide bonds. The molecule has 0 saturated carbocycles. The van der Waals surface area contributed by atoms with Gasteiger partial charge in [-0.2, -0.15) is 0 Å². The van der Waals surface area contributed by atoms with E-state index in [1.165, 1.54) is 11.8 Å². The van der Waals surface area contributed by atoms with Crippen molar-refractivity contribution in [3.05, 3.63) is 65.5 Å². The summed E-state index contributed by atoms with van der Waals surface area (Å²) in [5.41, 5.74) is 2.32. The van der Waals surface area contributed by atoms with E-state index < -0.39 is 0 Å². The Hall–Kier alpha value is -3.33. The van der Waals surface area contributed by atoms with Crippen molar-refractivity contribution in [1.29, 1.82) is 0 Å². The number of nitrogens with one attached hydrogen (secondary N) is 2. The predicted octanol–water partition coefficient (Wildman–Crippen LogP) is 3.18. The summed E-state index contributed by atoms with van der Waals surface area (Å²) in [6, 6.07) is 14.6. The number of carbonyl (C=O) groups excluding carboxylic acids is 2. The molecule has 1 aromatic heterocycles. The number of thioether (sulfide) groups is 1. The Morgan fingerprint density at radius 1 is 1.13 bits per heavy atom. The number of carbonyl (C=O) groups is 2. The molecule has 0 aliphatic carbocycles. The maximum Gasteiger partial charge on any atom is 0.251 e. The van der Waals surface area contributed by atoms with Gasteiger partial charge in [-0.1, -0.05) is 29.5 Å². The standard InChI is InChI=1S/C22H25N5O3S/c1-4-30-18-10-8-17(9-11-18)24-20(28)14-31-22-26-25-19(27(22)3)13-23-21(29)16-7-5-6-15(2)12-16/h5-12H,4,13-14H2,1-3H3,(H,23,29)(H,24,28). The molecule has 0 spiro atoms. The molecule has 162 valence electrons. The molecule has 0 unspecified atom stereocenters. The summed E-state index contributed by atoms with van der Waals surface area (Å²) < 4.78 is 7.16. The Morgan fingerprint density at radius 3 is 2.61 bits per heavy atom. The third-order valence-electron chi connectivity index (χ3n) is 4.39. The summed E-state index contributed by atoms with van der Waals surface area (Å²) in [5.74, 6) is 1.24. The highest BCUT2D eigenvalue weighted by Gasteiger charge is 2.13. The lowest BCUT2D eigenvalue weighted by molar-refractivity contribution is -0.113. The van der Waals surface area contributed by atoms with Crippen molar-refractivity contribution in [2.24, 2.45) is 7.05 Å². The summed E-state index contributed by atoms with van der Waals surface area (Å²) >= 11 is 1.28. The van der Waals surface area contributed by atoms with Crippen molar-refractivity contribution in [1.82, 2.24) is 20.1 Å². The summed E-state index contributed by atoms with van der Waals surface area (Å²) in [4.78, 5) is 24.5. The number of ether oxygens (including phenoxy) is 1. The second kappa shape index (κ2) is 10.6. The van der Waals surface area contributed by atoms with Crippen LogP contribution in [0.4, 0.5) is 5.69 Å². The van der Waals surface area contributed by atoms with Gasteiger partial charge >= 0.3 is 0 Å². The molecule has 1 heterocycles. The van der Waals surface area contributed by atoms with Crippen LogP contribution in [0.15, 0.2) is 53.7 Å². The molecule has 8 nitrogen and oxygen atoms in total. The summed E-state index contributed by atoms with van der Waals surface area (Å²) in [6.45, 7) is 4.70. The Morgan fingerprint density at radius 2 is 1.90 bits per heavy atom. The van der Waals surface area contributed by atoms with E-state index in [1.54, 1.807) is 29.8 Å². The van der Waals surface area contributed by atoms with Crippen LogP contribution >= 0.6 is 11.8 Å².